The minimum absolute atomic E-state index is 0.183. The third-order valence-electron chi connectivity index (χ3n) is 5.70. The molecule has 2 aliphatic rings. The van der Waals surface area contributed by atoms with Crippen molar-refractivity contribution in [2.24, 2.45) is 5.92 Å². The molecule has 1 amide bonds. The van der Waals surface area contributed by atoms with E-state index in [1.807, 2.05) is 53.4 Å². The Kier molecular flexibility index (Phi) is 5.05. The smallest absolute Gasteiger partial charge is 0.254 e. The zero-order valence-corrected chi connectivity index (χ0v) is 15.1. The van der Waals surface area contributed by atoms with E-state index >= 15 is 0 Å². The van der Waals surface area contributed by atoms with Crippen LogP contribution in [-0.2, 0) is 6.54 Å². The topological polar surface area (TPSA) is 43.8 Å². The van der Waals surface area contributed by atoms with Gasteiger partial charge in [-0.1, -0.05) is 48.5 Å². The van der Waals surface area contributed by atoms with Crippen molar-refractivity contribution in [2.45, 2.75) is 25.5 Å². The minimum atomic E-state index is -0.428. The Labute approximate surface area is 155 Å². The number of carbonyl (C=O) groups excluding carboxylic acids is 1. The molecule has 136 valence electrons. The van der Waals surface area contributed by atoms with Crippen LogP contribution in [0.5, 0.6) is 0 Å². The lowest BCUT2D eigenvalue weighted by molar-refractivity contribution is 0.0654. The summed E-state index contributed by atoms with van der Waals surface area (Å²) in [5, 5.41) is 10.4. The van der Waals surface area contributed by atoms with Crippen LogP contribution in [0.2, 0.25) is 0 Å². The zero-order valence-electron chi connectivity index (χ0n) is 15.1. The van der Waals surface area contributed by atoms with Crippen molar-refractivity contribution >= 4 is 5.91 Å². The van der Waals surface area contributed by atoms with Gasteiger partial charge in [0, 0.05) is 25.2 Å². The maximum atomic E-state index is 12.5. The average Bonchev–Trinajstić information content (AvgIpc) is 3.00. The second-order valence-electron chi connectivity index (χ2n) is 7.51. The first-order chi connectivity index (χ1) is 12.7. The molecule has 1 N–H and O–H groups in total. The van der Waals surface area contributed by atoms with E-state index in [0.29, 0.717) is 12.5 Å². The zero-order chi connectivity index (χ0) is 17.9. The predicted octanol–water partition coefficient (Wildman–Crippen LogP) is 3.09. The summed E-state index contributed by atoms with van der Waals surface area (Å²) in [5.41, 5.74) is 3.01. The molecular formula is C22H26N2O2. The highest BCUT2D eigenvalue weighted by atomic mass is 16.3. The molecule has 1 atom stereocenters. The predicted molar refractivity (Wildman–Crippen MR) is 102 cm³/mol. The van der Waals surface area contributed by atoms with Crippen molar-refractivity contribution in [1.82, 2.24) is 9.80 Å². The highest BCUT2D eigenvalue weighted by Crippen LogP contribution is 2.27. The molecular weight excluding hydrogens is 324 g/mol. The molecule has 0 bridgehead atoms. The summed E-state index contributed by atoms with van der Waals surface area (Å²) in [6.45, 7) is 4.27. The molecule has 2 heterocycles. The Morgan fingerprint density at radius 2 is 1.69 bits per heavy atom. The number of aliphatic hydroxyl groups excluding tert-OH is 1. The quantitative estimate of drug-likeness (QED) is 0.901. The van der Waals surface area contributed by atoms with Crippen LogP contribution in [-0.4, -0.2) is 47.0 Å². The Hall–Kier alpha value is -2.17. The number of hydrogen-bond acceptors (Lipinski definition) is 3. The fourth-order valence-electron chi connectivity index (χ4n) is 4.15. The van der Waals surface area contributed by atoms with Gasteiger partial charge in [0.2, 0.25) is 0 Å². The van der Waals surface area contributed by atoms with Gasteiger partial charge in [0.15, 0.2) is 0 Å². The van der Waals surface area contributed by atoms with E-state index in [4.69, 9.17) is 0 Å². The number of amides is 1. The highest BCUT2D eigenvalue weighted by molar-refractivity contribution is 5.98. The van der Waals surface area contributed by atoms with E-state index in [0.717, 1.165) is 55.7 Å². The highest BCUT2D eigenvalue weighted by Gasteiger charge is 2.30. The standard InChI is InChI=1S/C22H26N2O2/c25-21(18-6-2-1-3-7-18)16-23-12-10-17(11-13-23)14-24-15-19-8-4-5-9-20(19)22(24)26/h1-9,17,21,25H,10-16H2. The number of β-amino-alcohol motifs (C(OH)–C–C–N with tert-alkyl or cyclic N) is 1. The van der Waals surface area contributed by atoms with Crippen LogP contribution < -0.4 is 0 Å². The van der Waals surface area contributed by atoms with E-state index in [1.165, 1.54) is 0 Å². The molecule has 1 unspecified atom stereocenters. The Morgan fingerprint density at radius 3 is 2.42 bits per heavy atom. The molecule has 26 heavy (non-hydrogen) atoms. The molecule has 1 saturated heterocycles. The van der Waals surface area contributed by atoms with Crippen LogP contribution in [0.4, 0.5) is 0 Å². The maximum absolute atomic E-state index is 12.5. The molecule has 0 aromatic heterocycles. The Balaban J connectivity index is 1.26. The summed E-state index contributed by atoms with van der Waals surface area (Å²) < 4.78 is 0. The fourth-order valence-corrected chi connectivity index (χ4v) is 4.15. The third kappa shape index (κ3) is 3.67. The molecule has 4 nitrogen and oxygen atoms in total. The molecule has 0 aliphatic carbocycles. The van der Waals surface area contributed by atoms with Crippen LogP contribution in [0, 0.1) is 5.92 Å². The number of carbonyl (C=O) groups is 1. The van der Waals surface area contributed by atoms with Gasteiger partial charge in [-0.3, -0.25) is 4.79 Å². The first kappa shape index (κ1) is 17.3. The minimum Gasteiger partial charge on any atom is -0.387 e. The van der Waals surface area contributed by atoms with Crippen molar-refractivity contribution in [2.75, 3.05) is 26.2 Å². The first-order valence-electron chi connectivity index (χ1n) is 9.53. The number of piperidine rings is 1. The lowest BCUT2D eigenvalue weighted by atomic mass is 9.95. The SMILES string of the molecule is O=C1c2ccccc2CN1CC1CCN(CC(O)c2ccccc2)CC1. The van der Waals surface area contributed by atoms with E-state index in [1.54, 1.807) is 0 Å². The second-order valence-corrected chi connectivity index (χ2v) is 7.51. The summed E-state index contributed by atoms with van der Waals surface area (Å²) >= 11 is 0. The van der Waals surface area contributed by atoms with Gasteiger partial charge < -0.3 is 14.9 Å². The van der Waals surface area contributed by atoms with Crippen molar-refractivity contribution in [1.29, 1.82) is 0 Å². The normalized spacial score (nSPS) is 19.6. The molecule has 2 aliphatic heterocycles. The summed E-state index contributed by atoms with van der Waals surface area (Å²) in [6, 6.07) is 17.8. The Bertz CT molecular complexity index is 754. The number of fused-ring (bicyclic) bond motifs is 1. The van der Waals surface area contributed by atoms with Crippen LogP contribution >= 0.6 is 0 Å². The van der Waals surface area contributed by atoms with Gasteiger partial charge in [0.05, 0.1) is 6.10 Å². The van der Waals surface area contributed by atoms with Crippen LogP contribution in [0.1, 0.15) is 40.4 Å². The number of benzene rings is 2. The van der Waals surface area contributed by atoms with Gasteiger partial charge in [-0.05, 0) is 49.0 Å². The lowest BCUT2D eigenvalue weighted by Gasteiger charge is -2.34. The molecule has 2 aromatic carbocycles. The van der Waals surface area contributed by atoms with Crippen LogP contribution in [0.25, 0.3) is 0 Å². The number of aliphatic hydroxyl groups is 1. The number of likely N-dealkylation sites (tertiary alicyclic amines) is 1. The molecule has 0 radical (unpaired) electrons. The fraction of sp³-hybridized carbons (Fsp3) is 0.409. The van der Waals surface area contributed by atoms with Crippen LogP contribution in [0.15, 0.2) is 54.6 Å². The van der Waals surface area contributed by atoms with Gasteiger partial charge in [0.25, 0.3) is 5.91 Å². The average molecular weight is 350 g/mol. The van der Waals surface area contributed by atoms with E-state index < -0.39 is 6.10 Å². The molecule has 0 saturated carbocycles. The third-order valence-corrected chi connectivity index (χ3v) is 5.70. The number of nitrogens with zero attached hydrogens (tertiary/aromatic N) is 2. The van der Waals surface area contributed by atoms with Gasteiger partial charge in [-0.15, -0.1) is 0 Å². The summed E-state index contributed by atoms with van der Waals surface area (Å²) in [7, 11) is 0. The summed E-state index contributed by atoms with van der Waals surface area (Å²) in [5.74, 6) is 0.737. The number of rotatable bonds is 5. The van der Waals surface area contributed by atoms with Crippen molar-refractivity contribution in [3.05, 3.63) is 71.3 Å². The van der Waals surface area contributed by atoms with Crippen molar-refractivity contribution in [3.63, 3.8) is 0 Å². The molecule has 4 rings (SSSR count). The van der Waals surface area contributed by atoms with Crippen molar-refractivity contribution < 1.29 is 9.90 Å². The lowest BCUT2D eigenvalue weighted by Crippen LogP contribution is -2.40. The largest absolute Gasteiger partial charge is 0.387 e. The molecule has 4 heteroatoms. The number of hydrogen-bond donors (Lipinski definition) is 1. The van der Waals surface area contributed by atoms with Gasteiger partial charge in [-0.25, -0.2) is 0 Å². The van der Waals surface area contributed by atoms with E-state index in [9.17, 15) is 9.90 Å². The molecule has 2 aromatic rings. The van der Waals surface area contributed by atoms with Gasteiger partial charge >= 0.3 is 0 Å². The summed E-state index contributed by atoms with van der Waals surface area (Å²) in [4.78, 5) is 16.9. The van der Waals surface area contributed by atoms with E-state index in [-0.39, 0.29) is 5.91 Å². The maximum Gasteiger partial charge on any atom is 0.254 e. The summed E-state index contributed by atoms with van der Waals surface area (Å²) in [6.07, 6.45) is 1.74. The Morgan fingerprint density at radius 1 is 1.00 bits per heavy atom. The monoisotopic (exact) mass is 350 g/mol. The van der Waals surface area contributed by atoms with E-state index in [2.05, 4.69) is 11.0 Å². The molecule has 0 spiro atoms. The van der Waals surface area contributed by atoms with Crippen LogP contribution in [0.3, 0.4) is 0 Å². The second kappa shape index (κ2) is 7.60. The van der Waals surface area contributed by atoms with Gasteiger partial charge in [0.1, 0.15) is 0 Å². The molecule has 1 fully saturated rings. The van der Waals surface area contributed by atoms with Crippen molar-refractivity contribution in [3.8, 4) is 0 Å². The van der Waals surface area contributed by atoms with Gasteiger partial charge in [-0.2, -0.15) is 0 Å². The first-order valence-corrected chi connectivity index (χ1v) is 9.53.